The highest BCUT2D eigenvalue weighted by atomic mass is 35.5. The SMILES string of the molecule is C[C@H]1[C@@H](Cc2cccc(Oc3ccc(C(F)(F)F)cc3Cl)c2)[C@@H]1C(=O)O. The minimum atomic E-state index is -4.47. The number of hydrogen-bond acceptors (Lipinski definition) is 2. The summed E-state index contributed by atoms with van der Waals surface area (Å²) in [7, 11) is 0. The number of hydrogen-bond donors (Lipinski definition) is 1. The molecule has 26 heavy (non-hydrogen) atoms. The van der Waals surface area contributed by atoms with Gasteiger partial charge in [0.1, 0.15) is 11.5 Å². The van der Waals surface area contributed by atoms with E-state index < -0.39 is 17.7 Å². The maximum absolute atomic E-state index is 12.7. The van der Waals surface area contributed by atoms with Crippen molar-refractivity contribution in [3.05, 3.63) is 58.6 Å². The molecule has 1 aliphatic carbocycles. The minimum Gasteiger partial charge on any atom is -0.481 e. The second-order valence-corrected chi connectivity index (χ2v) is 6.89. The van der Waals surface area contributed by atoms with Crippen LogP contribution in [0.3, 0.4) is 0 Å². The predicted octanol–water partition coefficient (Wildman–Crippen LogP) is 5.66. The van der Waals surface area contributed by atoms with Crippen LogP contribution in [0.1, 0.15) is 18.1 Å². The third kappa shape index (κ3) is 3.96. The Morgan fingerprint density at radius 1 is 1.23 bits per heavy atom. The van der Waals surface area contributed by atoms with Crippen molar-refractivity contribution in [2.45, 2.75) is 19.5 Å². The lowest BCUT2D eigenvalue weighted by Gasteiger charge is -2.12. The van der Waals surface area contributed by atoms with Gasteiger partial charge < -0.3 is 9.84 Å². The Morgan fingerprint density at radius 3 is 2.54 bits per heavy atom. The molecule has 3 rings (SSSR count). The average molecular weight is 385 g/mol. The monoisotopic (exact) mass is 384 g/mol. The number of carboxylic acids is 1. The Bertz CT molecular complexity index is 835. The highest BCUT2D eigenvalue weighted by molar-refractivity contribution is 6.32. The van der Waals surface area contributed by atoms with Crippen molar-refractivity contribution >= 4 is 17.6 Å². The van der Waals surface area contributed by atoms with E-state index >= 15 is 0 Å². The summed E-state index contributed by atoms with van der Waals surface area (Å²) in [6.45, 7) is 1.91. The molecular weight excluding hydrogens is 369 g/mol. The van der Waals surface area contributed by atoms with Crippen molar-refractivity contribution in [2.75, 3.05) is 0 Å². The summed E-state index contributed by atoms with van der Waals surface area (Å²) < 4.78 is 43.7. The first-order valence-electron chi connectivity index (χ1n) is 8.03. The maximum atomic E-state index is 12.7. The van der Waals surface area contributed by atoms with Crippen LogP contribution in [0.2, 0.25) is 5.02 Å². The molecule has 1 fully saturated rings. The van der Waals surface area contributed by atoms with Gasteiger partial charge in [0.15, 0.2) is 0 Å². The van der Waals surface area contributed by atoms with Crippen LogP contribution in [0, 0.1) is 17.8 Å². The predicted molar refractivity (Wildman–Crippen MR) is 90.5 cm³/mol. The smallest absolute Gasteiger partial charge is 0.416 e. The Labute approximate surface area is 153 Å². The first kappa shape index (κ1) is 18.6. The first-order chi connectivity index (χ1) is 12.2. The molecule has 0 aromatic heterocycles. The Balaban J connectivity index is 1.72. The molecule has 7 heteroatoms. The van der Waals surface area contributed by atoms with Crippen molar-refractivity contribution in [3.8, 4) is 11.5 Å². The molecule has 0 amide bonds. The first-order valence-corrected chi connectivity index (χ1v) is 8.41. The maximum Gasteiger partial charge on any atom is 0.416 e. The van der Waals surface area contributed by atoms with Gasteiger partial charge in [-0.25, -0.2) is 0 Å². The molecule has 2 aromatic rings. The number of carboxylic acid groups (broad SMARTS) is 1. The lowest BCUT2D eigenvalue weighted by molar-refractivity contribution is -0.139. The van der Waals surface area contributed by atoms with Gasteiger partial charge in [0.2, 0.25) is 0 Å². The minimum absolute atomic E-state index is 0.0809. The molecule has 0 unspecified atom stereocenters. The third-order valence-corrected chi connectivity index (χ3v) is 5.00. The molecule has 3 nitrogen and oxygen atoms in total. The highest BCUT2D eigenvalue weighted by Crippen LogP contribution is 2.48. The van der Waals surface area contributed by atoms with Gasteiger partial charge in [0.25, 0.3) is 0 Å². The van der Waals surface area contributed by atoms with Crippen molar-refractivity contribution in [1.29, 1.82) is 0 Å². The van der Waals surface area contributed by atoms with Crippen molar-refractivity contribution < 1.29 is 27.8 Å². The van der Waals surface area contributed by atoms with Crippen LogP contribution in [0.4, 0.5) is 13.2 Å². The number of halogens is 4. The Morgan fingerprint density at radius 2 is 1.96 bits per heavy atom. The number of ether oxygens (including phenoxy) is 1. The van der Waals surface area contributed by atoms with Gasteiger partial charge in [-0.15, -0.1) is 0 Å². The molecule has 0 bridgehead atoms. The topological polar surface area (TPSA) is 46.5 Å². The molecule has 2 aromatic carbocycles. The van der Waals surface area contributed by atoms with Crippen LogP contribution in [-0.2, 0) is 17.4 Å². The molecule has 0 saturated heterocycles. The summed E-state index contributed by atoms with van der Waals surface area (Å²) in [5, 5.41) is 8.98. The van der Waals surface area contributed by atoms with Crippen LogP contribution in [-0.4, -0.2) is 11.1 Å². The molecule has 3 atom stereocenters. The summed E-state index contributed by atoms with van der Waals surface area (Å²) in [6.07, 6.45) is -3.86. The Kier molecular flexibility index (Phi) is 4.88. The molecule has 1 saturated carbocycles. The molecule has 0 aliphatic heterocycles. The largest absolute Gasteiger partial charge is 0.481 e. The standard InChI is InChI=1S/C19H16ClF3O3/c1-10-14(17(10)18(24)25)8-11-3-2-4-13(7-11)26-16-6-5-12(9-15(16)20)19(21,22)23/h2-7,9-10,14,17H,8H2,1H3,(H,24,25)/t10-,14+,17+/m0/s1. The van der Waals surface area contributed by atoms with Gasteiger partial charge in [0, 0.05) is 0 Å². The van der Waals surface area contributed by atoms with E-state index in [1.807, 2.05) is 13.0 Å². The van der Waals surface area contributed by atoms with Crippen molar-refractivity contribution in [3.63, 3.8) is 0 Å². The lowest BCUT2D eigenvalue weighted by atomic mass is 10.1. The third-order valence-electron chi connectivity index (χ3n) is 4.70. The quantitative estimate of drug-likeness (QED) is 0.723. The molecule has 1 N–H and O–H groups in total. The van der Waals surface area contributed by atoms with Gasteiger partial charge in [-0.3, -0.25) is 4.79 Å². The molecule has 0 heterocycles. The van der Waals surface area contributed by atoms with E-state index in [0.29, 0.717) is 12.2 Å². The fourth-order valence-corrected chi connectivity index (χ4v) is 3.38. The average Bonchev–Trinajstić information content (AvgIpc) is 3.18. The molecular formula is C19H16ClF3O3. The second-order valence-electron chi connectivity index (χ2n) is 6.48. The molecule has 1 aliphatic rings. The van der Waals surface area contributed by atoms with Gasteiger partial charge in [-0.1, -0.05) is 30.7 Å². The van der Waals surface area contributed by atoms with Crippen LogP contribution in [0.5, 0.6) is 11.5 Å². The fourth-order valence-electron chi connectivity index (χ4n) is 3.16. The summed E-state index contributed by atoms with van der Waals surface area (Å²) in [6, 6.07) is 9.96. The van der Waals surface area contributed by atoms with E-state index in [9.17, 15) is 18.0 Å². The van der Waals surface area contributed by atoms with Gasteiger partial charge in [0.05, 0.1) is 16.5 Å². The number of rotatable bonds is 5. The van der Waals surface area contributed by atoms with Crippen LogP contribution >= 0.6 is 11.6 Å². The van der Waals surface area contributed by atoms with E-state index in [1.54, 1.807) is 18.2 Å². The Hall–Kier alpha value is -2.21. The van der Waals surface area contributed by atoms with E-state index in [0.717, 1.165) is 17.7 Å². The van der Waals surface area contributed by atoms with Crippen LogP contribution in [0.15, 0.2) is 42.5 Å². The van der Waals surface area contributed by atoms with Crippen molar-refractivity contribution in [2.24, 2.45) is 17.8 Å². The fraction of sp³-hybridized carbons (Fsp3) is 0.316. The zero-order valence-electron chi connectivity index (χ0n) is 13.8. The zero-order valence-corrected chi connectivity index (χ0v) is 14.5. The number of alkyl halides is 3. The summed E-state index contributed by atoms with van der Waals surface area (Å²) >= 11 is 5.90. The second kappa shape index (κ2) is 6.83. The van der Waals surface area contributed by atoms with Gasteiger partial charge in [-0.2, -0.15) is 13.2 Å². The van der Waals surface area contributed by atoms with E-state index in [2.05, 4.69) is 0 Å². The highest BCUT2D eigenvalue weighted by Gasteiger charge is 2.51. The molecule has 138 valence electrons. The van der Waals surface area contributed by atoms with Crippen molar-refractivity contribution in [1.82, 2.24) is 0 Å². The number of aliphatic carboxylic acids is 1. The molecule has 0 radical (unpaired) electrons. The lowest BCUT2D eigenvalue weighted by Crippen LogP contribution is -2.04. The molecule has 0 spiro atoms. The van der Waals surface area contributed by atoms with E-state index in [4.69, 9.17) is 21.4 Å². The van der Waals surface area contributed by atoms with Gasteiger partial charge in [-0.05, 0) is 54.2 Å². The zero-order chi connectivity index (χ0) is 19.1. The van der Waals surface area contributed by atoms with E-state index in [-0.39, 0.29) is 28.5 Å². The van der Waals surface area contributed by atoms with Gasteiger partial charge >= 0.3 is 12.1 Å². The summed E-state index contributed by atoms with van der Waals surface area (Å²) in [4.78, 5) is 11.1. The number of benzene rings is 2. The summed E-state index contributed by atoms with van der Waals surface area (Å²) in [5.41, 5.74) is 0.0668. The number of carbonyl (C=O) groups is 1. The van der Waals surface area contributed by atoms with E-state index in [1.165, 1.54) is 6.07 Å². The van der Waals surface area contributed by atoms with Crippen LogP contribution < -0.4 is 4.74 Å². The normalized spacial score (nSPS) is 22.1. The van der Waals surface area contributed by atoms with Crippen LogP contribution in [0.25, 0.3) is 0 Å². The summed E-state index contributed by atoms with van der Waals surface area (Å²) in [5.74, 6) is -0.349.